The molecule has 0 saturated heterocycles. The zero-order valence-corrected chi connectivity index (χ0v) is 22.7. The number of nitrogens with zero attached hydrogens (tertiary/aromatic N) is 2. The van der Waals surface area contributed by atoms with E-state index in [0.717, 1.165) is 0 Å². The molecule has 7 rings (SSSR count). The van der Waals surface area contributed by atoms with Gasteiger partial charge in [-0.15, -0.1) is 0 Å². The molecule has 0 spiro atoms. The van der Waals surface area contributed by atoms with Gasteiger partial charge in [0.1, 0.15) is 44.9 Å². The highest BCUT2D eigenvalue weighted by Gasteiger charge is 2.40. The van der Waals surface area contributed by atoms with E-state index in [2.05, 4.69) is 0 Å². The standard InChI is InChI=1S/C34H20N2O8/c37-29-19-11-3-5-13-21(19)43-33(41)25(29)23-27(35-15-7-1-8-16-35)31(39)24(28(32(23)40)36-17-9-2-10-18-36)26-30(38)20-12-4-6-14-22(20)44-34(26)42/h1-18H,(H2-2,37,38,39,40,41,42)/p+2. The van der Waals surface area contributed by atoms with Crippen LogP contribution in [-0.4, -0.2) is 20.4 Å². The Bertz CT molecular complexity index is 2200. The molecule has 214 valence electrons. The third kappa shape index (κ3) is 3.97. The number of hydrogen-bond donors (Lipinski definition) is 4. The van der Waals surface area contributed by atoms with Gasteiger partial charge in [0.2, 0.25) is 11.5 Å². The third-order valence-corrected chi connectivity index (χ3v) is 7.41. The summed E-state index contributed by atoms with van der Waals surface area (Å²) in [6.45, 7) is 0. The lowest BCUT2D eigenvalue weighted by molar-refractivity contribution is -0.599. The number of benzene rings is 3. The topological polar surface area (TPSA) is 149 Å². The van der Waals surface area contributed by atoms with Gasteiger partial charge in [0.05, 0.1) is 10.8 Å². The van der Waals surface area contributed by atoms with Crippen molar-refractivity contribution >= 4 is 21.9 Å². The predicted octanol–water partition coefficient (Wildman–Crippen LogP) is 4.61. The van der Waals surface area contributed by atoms with E-state index >= 15 is 0 Å². The van der Waals surface area contributed by atoms with Crippen LogP contribution in [-0.2, 0) is 0 Å². The molecule has 0 amide bonds. The normalized spacial score (nSPS) is 11.3. The first-order chi connectivity index (χ1) is 21.4. The van der Waals surface area contributed by atoms with Gasteiger partial charge in [-0.05, 0) is 24.3 Å². The van der Waals surface area contributed by atoms with Crippen LogP contribution in [0, 0.1) is 0 Å². The Morgan fingerprint density at radius 3 is 1.18 bits per heavy atom. The van der Waals surface area contributed by atoms with Crippen molar-refractivity contribution in [2.75, 3.05) is 0 Å². The number of phenols is 2. The SMILES string of the molecule is O=c1oc2ccccc2c(O)c1-c1c(O)c(-[n+]2ccccc2)c(-c2c(O)c3ccccc3oc2=O)c(O)c1-[n+]1ccccc1. The molecule has 7 aromatic rings. The summed E-state index contributed by atoms with van der Waals surface area (Å²) in [6, 6.07) is 22.7. The number of aromatic hydroxyl groups is 4. The van der Waals surface area contributed by atoms with Crippen LogP contribution in [0.15, 0.2) is 128 Å². The second kappa shape index (κ2) is 10.1. The average molecular weight is 587 g/mol. The van der Waals surface area contributed by atoms with Crippen LogP contribution in [0.3, 0.4) is 0 Å². The van der Waals surface area contributed by atoms with Gasteiger partial charge in [-0.2, -0.15) is 9.13 Å². The summed E-state index contributed by atoms with van der Waals surface area (Å²) in [4.78, 5) is 27.0. The minimum atomic E-state index is -0.987. The van der Waals surface area contributed by atoms with E-state index in [0.29, 0.717) is 0 Å². The number of pyridine rings is 2. The first kappa shape index (κ1) is 26.5. The smallest absolute Gasteiger partial charge is 0.348 e. The van der Waals surface area contributed by atoms with Crippen LogP contribution in [0.25, 0.3) is 55.6 Å². The molecule has 0 unspecified atom stereocenters. The van der Waals surface area contributed by atoms with Gasteiger partial charge in [-0.1, -0.05) is 36.4 Å². The minimum Gasteiger partial charge on any atom is -0.506 e. The van der Waals surface area contributed by atoms with E-state index in [-0.39, 0.29) is 44.4 Å². The largest absolute Gasteiger partial charge is 0.506 e. The molecule has 10 heteroatoms. The van der Waals surface area contributed by atoms with E-state index in [1.54, 1.807) is 97.6 Å². The lowest BCUT2D eigenvalue weighted by Crippen LogP contribution is -2.34. The molecule has 3 aromatic carbocycles. The van der Waals surface area contributed by atoms with Crippen LogP contribution in [0.4, 0.5) is 0 Å². The number of aromatic nitrogens is 2. The first-order valence-corrected chi connectivity index (χ1v) is 13.4. The molecule has 0 fully saturated rings. The lowest BCUT2D eigenvalue weighted by atomic mass is 9.92. The number of hydrogen-bond acceptors (Lipinski definition) is 8. The molecule has 0 aliphatic rings. The van der Waals surface area contributed by atoms with Gasteiger partial charge in [0.15, 0.2) is 24.8 Å². The van der Waals surface area contributed by atoms with Crippen LogP contribution in [0.5, 0.6) is 23.0 Å². The fourth-order valence-electron chi connectivity index (χ4n) is 5.48. The Labute approximate surface area is 247 Å². The Kier molecular flexibility index (Phi) is 6.10. The van der Waals surface area contributed by atoms with Crippen molar-refractivity contribution in [2.24, 2.45) is 0 Å². The molecule has 0 aliphatic heterocycles. The van der Waals surface area contributed by atoms with Crippen molar-refractivity contribution in [1.29, 1.82) is 0 Å². The summed E-state index contributed by atoms with van der Waals surface area (Å²) in [5.41, 5.74) is -3.52. The summed E-state index contributed by atoms with van der Waals surface area (Å²) >= 11 is 0. The molecule has 4 N–H and O–H groups in total. The fraction of sp³-hybridized carbons (Fsp3) is 0. The van der Waals surface area contributed by atoms with Crippen molar-refractivity contribution in [3.63, 3.8) is 0 Å². The molecule has 0 radical (unpaired) electrons. The molecule has 0 atom stereocenters. The van der Waals surface area contributed by atoms with Gasteiger partial charge < -0.3 is 29.3 Å². The summed E-state index contributed by atoms with van der Waals surface area (Å²) in [5.74, 6) is -2.20. The maximum absolute atomic E-state index is 13.5. The minimum absolute atomic E-state index is 0.115. The molecule has 10 nitrogen and oxygen atoms in total. The monoisotopic (exact) mass is 586 g/mol. The van der Waals surface area contributed by atoms with E-state index in [1.165, 1.54) is 21.3 Å². The van der Waals surface area contributed by atoms with Gasteiger partial charge in [-0.25, -0.2) is 9.59 Å². The first-order valence-electron chi connectivity index (χ1n) is 13.4. The van der Waals surface area contributed by atoms with Crippen molar-refractivity contribution in [2.45, 2.75) is 0 Å². The molecule has 4 aromatic heterocycles. The molecular formula is C34H22N2O8+2. The Morgan fingerprint density at radius 1 is 0.432 bits per heavy atom. The molecule has 4 heterocycles. The molecular weight excluding hydrogens is 564 g/mol. The average Bonchev–Trinajstić information content (AvgIpc) is 3.04. The Morgan fingerprint density at radius 2 is 0.795 bits per heavy atom. The van der Waals surface area contributed by atoms with E-state index in [4.69, 9.17) is 8.83 Å². The van der Waals surface area contributed by atoms with Gasteiger partial charge in [-0.3, -0.25) is 0 Å². The lowest BCUT2D eigenvalue weighted by Gasteiger charge is -2.16. The number of rotatable bonds is 4. The maximum Gasteiger partial charge on any atom is 0.348 e. The molecule has 0 bridgehead atoms. The predicted molar refractivity (Wildman–Crippen MR) is 159 cm³/mol. The highest BCUT2D eigenvalue weighted by Crippen LogP contribution is 2.51. The second-order valence-electron chi connectivity index (χ2n) is 9.93. The maximum atomic E-state index is 13.5. The Hall–Kier alpha value is -6.42. The van der Waals surface area contributed by atoms with Crippen LogP contribution in [0.2, 0.25) is 0 Å². The fourth-order valence-corrected chi connectivity index (χ4v) is 5.48. The van der Waals surface area contributed by atoms with Gasteiger partial charge in [0, 0.05) is 24.3 Å². The van der Waals surface area contributed by atoms with Crippen molar-refractivity contribution in [3.05, 3.63) is 131 Å². The number of phenolic OH excluding ortho intramolecular Hbond substituents is 2. The van der Waals surface area contributed by atoms with E-state index < -0.39 is 45.4 Å². The summed E-state index contributed by atoms with van der Waals surface area (Å²) < 4.78 is 13.9. The van der Waals surface area contributed by atoms with Crippen LogP contribution in [0.1, 0.15) is 0 Å². The Balaban J connectivity index is 1.73. The molecule has 0 aliphatic carbocycles. The summed E-state index contributed by atoms with van der Waals surface area (Å²) in [7, 11) is 0. The third-order valence-electron chi connectivity index (χ3n) is 7.41. The van der Waals surface area contributed by atoms with Crippen molar-refractivity contribution in [1.82, 2.24) is 0 Å². The highest BCUT2D eigenvalue weighted by atomic mass is 16.4. The second-order valence-corrected chi connectivity index (χ2v) is 9.93. The quantitative estimate of drug-likeness (QED) is 0.133. The van der Waals surface area contributed by atoms with E-state index in [9.17, 15) is 30.0 Å². The van der Waals surface area contributed by atoms with Crippen molar-refractivity contribution in [3.8, 4) is 56.6 Å². The summed E-state index contributed by atoms with van der Waals surface area (Å²) in [6.07, 6.45) is 6.16. The van der Waals surface area contributed by atoms with Crippen molar-refractivity contribution < 1.29 is 38.4 Å². The zero-order chi connectivity index (χ0) is 30.5. The van der Waals surface area contributed by atoms with Crippen LogP contribution < -0.4 is 20.4 Å². The zero-order valence-electron chi connectivity index (χ0n) is 22.7. The van der Waals surface area contributed by atoms with Crippen LogP contribution >= 0.6 is 0 Å². The van der Waals surface area contributed by atoms with Gasteiger partial charge >= 0.3 is 11.3 Å². The molecule has 0 saturated carbocycles. The number of fused-ring (bicyclic) bond motifs is 2. The van der Waals surface area contributed by atoms with Gasteiger partial charge in [0.25, 0.3) is 11.4 Å². The molecule has 44 heavy (non-hydrogen) atoms. The highest BCUT2D eigenvalue weighted by molar-refractivity contribution is 6.00. The summed E-state index contributed by atoms with van der Waals surface area (Å²) in [5, 5.41) is 47.6. The van der Waals surface area contributed by atoms with E-state index in [1.807, 2.05) is 0 Å². The number of para-hydroxylation sites is 2.